The lowest BCUT2D eigenvalue weighted by Crippen LogP contribution is -2.39. The monoisotopic (exact) mass is 367 g/mol. The van der Waals surface area contributed by atoms with Gasteiger partial charge in [-0.3, -0.25) is 4.79 Å². The fourth-order valence-corrected chi connectivity index (χ4v) is 4.43. The second-order valence-electron chi connectivity index (χ2n) is 7.49. The van der Waals surface area contributed by atoms with Crippen LogP contribution in [0.2, 0.25) is 0 Å². The van der Waals surface area contributed by atoms with Crippen LogP contribution in [0.15, 0.2) is 36.5 Å². The Labute approximate surface area is 160 Å². The van der Waals surface area contributed by atoms with E-state index in [2.05, 4.69) is 35.0 Å². The first-order chi connectivity index (χ1) is 13.2. The Bertz CT molecular complexity index is 838. The van der Waals surface area contributed by atoms with Crippen molar-refractivity contribution in [2.24, 2.45) is 0 Å². The summed E-state index contributed by atoms with van der Waals surface area (Å²) in [6, 6.07) is 9.87. The predicted octanol–water partition coefficient (Wildman–Crippen LogP) is 4.58. The molecule has 0 unspecified atom stereocenters. The number of aromatic nitrogens is 1. The summed E-state index contributed by atoms with van der Waals surface area (Å²) in [4.78, 5) is 20.8. The third-order valence-electron chi connectivity index (χ3n) is 5.83. The largest absolute Gasteiger partial charge is 0.369 e. The van der Waals surface area contributed by atoms with Gasteiger partial charge < -0.3 is 9.80 Å². The lowest BCUT2D eigenvalue weighted by atomic mass is 9.96. The standard InChI is InChI=1S/C22H26FN3O/c1-2-18-7-3-4-12-25(18)19-8-9-20-16(14-19)6-5-13-26(20)22(27)17-10-11-24-21(23)15-17/h8-11,14-15,18H,2-7,12-13H2,1H3/t18-/m0/s1. The number of fused-ring (bicyclic) bond motifs is 1. The molecule has 1 aromatic heterocycles. The van der Waals surface area contributed by atoms with E-state index in [1.165, 1.54) is 42.8 Å². The molecule has 4 nitrogen and oxygen atoms in total. The van der Waals surface area contributed by atoms with Crippen LogP contribution in [0.25, 0.3) is 0 Å². The van der Waals surface area contributed by atoms with Gasteiger partial charge in [-0.05, 0) is 68.4 Å². The van der Waals surface area contributed by atoms with E-state index < -0.39 is 5.95 Å². The first-order valence-corrected chi connectivity index (χ1v) is 10.0. The van der Waals surface area contributed by atoms with Crippen LogP contribution in [0, 0.1) is 5.95 Å². The smallest absolute Gasteiger partial charge is 0.258 e. The maximum absolute atomic E-state index is 13.4. The zero-order valence-corrected chi connectivity index (χ0v) is 15.8. The van der Waals surface area contributed by atoms with E-state index in [-0.39, 0.29) is 5.91 Å². The fourth-order valence-electron chi connectivity index (χ4n) is 4.43. The highest BCUT2D eigenvalue weighted by Gasteiger charge is 2.26. The quantitative estimate of drug-likeness (QED) is 0.745. The van der Waals surface area contributed by atoms with E-state index in [1.54, 1.807) is 11.0 Å². The molecule has 2 aromatic rings. The van der Waals surface area contributed by atoms with Crippen molar-refractivity contribution in [2.45, 2.75) is 51.5 Å². The van der Waals surface area contributed by atoms with E-state index in [9.17, 15) is 9.18 Å². The summed E-state index contributed by atoms with van der Waals surface area (Å²) in [5, 5.41) is 0. The number of halogens is 1. The van der Waals surface area contributed by atoms with Gasteiger partial charge in [-0.25, -0.2) is 4.98 Å². The van der Waals surface area contributed by atoms with Crippen molar-refractivity contribution in [3.63, 3.8) is 0 Å². The first kappa shape index (κ1) is 18.0. The third-order valence-corrected chi connectivity index (χ3v) is 5.83. The third kappa shape index (κ3) is 3.55. The number of hydrogen-bond acceptors (Lipinski definition) is 3. The summed E-state index contributed by atoms with van der Waals surface area (Å²) in [5.41, 5.74) is 3.78. The average Bonchev–Trinajstić information content (AvgIpc) is 2.72. The number of aryl methyl sites for hydroxylation is 1. The molecule has 2 aliphatic heterocycles. The SMILES string of the molecule is CC[C@H]1CCCCN1c1ccc2c(c1)CCCN2C(=O)c1ccnc(F)c1. The predicted molar refractivity (Wildman–Crippen MR) is 106 cm³/mol. The van der Waals surface area contributed by atoms with E-state index >= 15 is 0 Å². The van der Waals surface area contributed by atoms with Gasteiger partial charge in [0.05, 0.1) is 0 Å². The molecule has 142 valence electrons. The topological polar surface area (TPSA) is 36.4 Å². The second kappa shape index (κ2) is 7.67. The Balaban J connectivity index is 1.63. The van der Waals surface area contributed by atoms with E-state index in [1.807, 2.05) is 0 Å². The molecule has 0 N–H and O–H groups in total. The Kier molecular flexibility index (Phi) is 5.10. The zero-order chi connectivity index (χ0) is 18.8. The highest BCUT2D eigenvalue weighted by Crippen LogP contribution is 2.34. The highest BCUT2D eigenvalue weighted by molar-refractivity contribution is 6.06. The van der Waals surface area contributed by atoms with Crippen LogP contribution >= 0.6 is 0 Å². The number of piperidine rings is 1. The maximum atomic E-state index is 13.4. The van der Waals surface area contributed by atoms with Crippen LogP contribution in [-0.2, 0) is 6.42 Å². The van der Waals surface area contributed by atoms with Crippen LogP contribution in [0.3, 0.4) is 0 Å². The number of hydrogen-bond donors (Lipinski definition) is 0. The van der Waals surface area contributed by atoms with Gasteiger partial charge in [-0.1, -0.05) is 6.92 Å². The molecule has 0 saturated carbocycles. The summed E-state index contributed by atoms with van der Waals surface area (Å²) in [5.74, 6) is -0.779. The lowest BCUT2D eigenvalue weighted by Gasteiger charge is -2.38. The average molecular weight is 367 g/mol. The maximum Gasteiger partial charge on any atom is 0.258 e. The Morgan fingerprint density at radius 3 is 2.89 bits per heavy atom. The van der Waals surface area contributed by atoms with Gasteiger partial charge >= 0.3 is 0 Å². The Morgan fingerprint density at radius 2 is 2.07 bits per heavy atom. The number of nitrogens with zero attached hydrogens (tertiary/aromatic N) is 3. The second-order valence-corrected chi connectivity index (χ2v) is 7.49. The summed E-state index contributed by atoms with van der Waals surface area (Å²) >= 11 is 0. The van der Waals surface area contributed by atoms with Crippen molar-refractivity contribution < 1.29 is 9.18 Å². The molecule has 1 saturated heterocycles. The molecular weight excluding hydrogens is 341 g/mol. The number of amides is 1. The molecule has 3 heterocycles. The molecule has 1 fully saturated rings. The molecule has 4 rings (SSSR count). The summed E-state index contributed by atoms with van der Waals surface area (Å²) < 4.78 is 13.4. The molecule has 1 amide bonds. The number of carbonyl (C=O) groups is 1. The van der Waals surface area contributed by atoms with Crippen molar-refractivity contribution >= 4 is 17.3 Å². The Hall–Kier alpha value is -2.43. The molecule has 0 spiro atoms. The van der Waals surface area contributed by atoms with E-state index in [0.29, 0.717) is 18.2 Å². The van der Waals surface area contributed by atoms with Crippen molar-refractivity contribution in [1.29, 1.82) is 0 Å². The number of pyridine rings is 1. The number of anilines is 2. The van der Waals surface area contributed by atoms with Crippen LogP contribution in [0.5, 0.6) is 0 Å². The molecule has 27 heavy (non-hydrogen) atoms. The molecule has 0 bridgehead atoms. The van der Waals surface area contributed by atoms with Crippen molar-refractivity contribution in [2.75, 3.05) is 22.9 Å². The normalized spacial score (nSPS) is 19.7. The summed E-state index contributed by atoms with van der Waals surface area (Å²) in [6.45, 7) is 4.03. The van der Waals surface area contributed by atoms with Crippen LogP contribution in [-0.4, -0.2) is 30.0 Å². The van der Waals surface area contributed by atoms with Crippen molar-refractivity contribution in [1.82, 2.24) is 4.98 Å². The van der Waals surface area contributed by atoms with Gasteiger partial charge in [0.15, 0.2) is 0 Å². The Morgan fingerprint density at radius 1 is 1.19 bits per heavy atom. The molecule has 1 atom stereocenters. The molecule has 5 heteroatoms. The summed E-state index contributed by atoms with van der Waals surface area (Å²) in [7, 11) is 0. The van der Waals surface area contributed by atoms with Gasteiger partial charge in [-0.15, -0.1) is 0 Å². The molecule has 2 aliphatic rings. The highest BCUT2D eigenvalue weighted by atomic mass is 19.1. The molecule has 0 radical (unpaired) electrons. The minimum Gasteiger partial charge on any atom is -0.369 e. The van der Waals surface area contributed by atoms with E-state index in [0.717, 1.165) is 31.5 Å². The number of benzene rings is 1. The number of rotatable bonds is 3. The lowest BCUT2D eigenvalue weighted by molar-refractivity contribution is 0.0984. The van der Waals surface area contributed by atoms with Gasteiger partial charge in [-0.2, -0.15) is 4.39 Å². The van der Waals surface area contributed by atoms with Crippen LogP contribution in [0.1, 0.15) is 54.9 Å². The minimum absolute atomic E-state index is 0.158. The van der Waals surface area contributed by atoms with Gasteiger partial charge in [0.1, 0.15) is 0 Å². The van der Waals surface area contributed by atoms with Gasteiger partial charge in [0, 0.05) is 48.3 Å². The van der Waals surface area contributed by atoms with Crippen LogP contribution < -0.4 is 9.80 Å². The molecular formula is C22H26FN3O. The van der Waals surface area contributed by atoms with E-state index in [4.69, 9.17) is 0 Å². The van der Waals surface area contributed by atoms with Gasteiger partial charge in [0.25, 0.3) is 5.91 Å². The van der Waals surface area contributed by atoms with Gasteiger partial charge in [0.2, 0.25) is 5.95 Å². The molecule has 1 aromatic carbocycles. The molecule has 0 aliphatic carbocycles. The van der Waals surface area contributed by atoms with Crippen molar-refractivity contribution in [3.8, 4) is 0 Å². The fraction of sp³-hybridized carbons (Fsp3) is 0.455. The number of carbonyl (C=O) groups excluding carboxylic acids is 1. The van der Waals surface area contributed by atoms with Crippen LogP contribution in [0.4, 0.5) is 15.8 Å². The van der Waals surface area contributed by atoms with Crippen molar-refractivity contribution in [3.05, 3.63) is 53.6 Å². The first-order valence-electron chi connectivity index (χ1n) is 10.0. The zero-order valence-electron chi connectivity index (χ0n) is 15.8. The summed E-state index contributed by atoms with van der Waals surface area (Å²) in [6.07, 6.45) is 8.21. The minimum atomic E-state index is -0.621.